The van der Waals surface area contributed by atoms with Crippen LogP contribution in [0.4, 0.5) is 5.82 Å². The van der Waals surface area contributed by atoms with Gasteiger partial charge in [0.25, 0.3) is 0 Å². The molecule has 2 N–H and O–H groups in total. The molecule has 23 heavy (non-hydrogen) atoms. The molecule has 0 saturated carbocycles. The summed E-state index contributed by atoms with van der Waals surface area (Å²) < 4.78 is 5.52. The van der Waals surface area contributed by atoms with Crippen molar-refractivity contribution in [1.82, 2.24) is 15.0 Å². The minimum atomic E-state index is -0.0690. The van der Waals surface area contributed by atoms with Gasteiger partial charge < -0.3 is 10.2 Å². The molecule has 1 atom stereocenters. The Kier molecular flexibility index (Phi) is 4.11. The Hall–Kier alpha value is -2.30. The number of nitrogen functional groups attached to an aromatic ring is 1. The Balaban J connectivity index is 1.93. The van der Waals surface area contributed by atoms with Crippen LogP contribution in [0.5, 0.6) is 0 Å². The van der Waals surface area contributed by atoms with Gasteiger partial charge in [-0.3, -0.25) is 0 Å². The molecule has 0 radical (unpaired) electrons. The maximum Gasteiger partial charge on any atom is 0.191 e. The van der Waals surface area contributed by atoms with E-state index in [1.807, 2.05) is 32.0 Å². The first-order valence-corrected chi connectivity index (χ1v) is 8.00. The molecule has 1 unspecified atom stereocenters. The number of aryl methyl sites for hydroxylation is 1. The van der Waals surface area contributed by atoms with Crippen molar-refractivity contribution in [2.75, 3.05) is 5.73 Å². The number of fused-ring (bicyclic) bond motifs is 1. The summed E-state index contributed by atoms with van der Waals surface area (Å²) in [6, 6.07) is 7.23. The summed E-state index contributed by atoms with van der Waals surface area (Å²) in [7, 11) is 0. The van der Waals surface area contributed by atoms with Gasteiger partial charge in [-0.15, -0.1) is 0 Å². The number of rotatable bonds is 3. The fourth-order valence-corrected chi connectivity index (χ4v) is 3.25. The highest BCUT2D eigenvalue weighted by atomic mass is 35.5. The summed E-state index contributed by atoms with van der Waals surface area (Å²) in [5.74, 6) is 1.04. The highest BCUT2D eigenvalue weighted by Gasteiger charge is 2.16. The third-order valence-electron chi connectivity index (χ3n) is 3.14. The maximum atomic E-state index is 8.95. The fourth-order valence-electron chi connectivity index (χ4n) is 2.14. The number of furan rings is 1. The van der Waals surface area contributed by atoms with E-state index < -0.39 is 0 Å². The van der Waals surface area contributed by atoms with Crippen molar-refractivity contribution in [3.05, 3.63) is 40.5 Å². The van der Waals surface area contributed by atoms with Gasteiger partial charge >= 0.3 is 0 Å². The number of anilines is 1. The van der Waals surface area contributed by atoms with Crippen molar-refractivity contribution in [3.8, 4) is 6.07 Å². The molecule has 0 fully saturated rings. The first-order chi connectivity index (χ1) is 11.0. The van der Waals surface area contributed by atoms with Crippen molar-refractivity contribution in [1.29, 1.82) is 5.26 Å². The zero-order valence-electron chi connectivity index (χ0n) is 12.4. The summed E-state index contributed by atoms with van der Waals surface area (Å²) in [6.07, 6.45) is 0. The van der Waals surface area contributed by atoms with Crippen molar-refractivity contribution < 1.29 is 4.42 Å². The highest BCUT2D eigenvalue weighted by molar-refractivity contribution is 7.99. The lowest BCUT2D eigenvalue weighted by molar-refractivity contribution is 0.577. The highest BCUT2D eigenvalue weighted by Crippen LogP contribution is 2.35. The number of nitriles is 1. The number of aromatic nitrogens is 3. The van der Waals surface area contributed by atoms with Gasteiger partial charge in [0.15, 0.2) is 15.9 Å². The molecule has 0 amide bonds. The lowest BCUT2D eigenvalue weighted by atomic mass is 10.2. The number of thioether (sulfide) groups is 1. The van der Waals surface area contributed by atoms with E-state index >= 15 is 0 Å². The second kappa shape index (κ2) is 6.07. The monoisotopic (exact) mass is 345 g/mol. The van der Waals surface area contributed by atoms with Crippen LogP contribution in [0.2, 0.25) is 5.15 Å². The second-order valence-corrected chi connectivity index (χ2v) is 6.61. The van der Waals surface area contributed by atoms with Gasteiger partial charge in [0.05, 0.1) is 10.9 Å². The second-order valence-electron chi connectivity index (χ2n) is 4.95. The number of nitrogens with zero attached hydrogens (tertiary/aromatic N) is 4. The van der Waals surface area contributed by atoms with E-state index in [0.29, 0.717) is 15.9 Å². The molecule has 3 aromatic heterocycles. The average Bonchev–Trinajstić information content (AvgIpc) is 2.87. The van der Waals surface area contributed by atoms with Crippen molar-refractivity contribution in [2.24, 2.45) is 0 Å². The molecule has 0 aromatic carbocycles. The molecule has 116 valence electrons. The molecule has 0 aliphatic carbocycles. The molecule has 3 heterocycles. The number of halogens is 1. The van der Waals surface area contributed by atoms with E-state index in [9.17, 15) is 0 Å². The van der Waals surface area contributed by atoms with Gasteiger partial charge in [-0.05, 0) is 26.0 Å². The number of hydrogen-bond donors (Lipinski definition) is 1. The van der Waals surface area contributed by atoms with Gasteiger partial charge in [-0.2, -0.15) is 5.26 Å². The molecule has 3 aromatic rings. The standard InChI is InChI=1S/C15H12ClN5OS/c1-7-3-9-4-11(20-14(16)13(9)22-7)8(2)23-15-19-10(6-17)5-12(18)21-15/h3-5,8H,1-2H3,(H2,18,19,21). The SMILES string of the molecule is Cc1cc2cc(C(C)Sc3nc(N)cc(C#N)n3)nc(Cl)c2o1. The van der Waals surface area contributed by atoms with Crippen LogP contribution in [0.3, 0.4) is 0 Å². The van der Waals surface area contributed by atoms with Crippen LogP contribution in [0.15, 0.2) is 27.8 Å². The largest absolute Gasteiger partial charge is 0.458 e. The lowest BCUT2D eigenvalue weighted by Crippen LogP contribution is -2.00. The summed E-state index contributed by atoms with van der Waals surface area (Å²) >= 11 is 7.55. The van der Waals surface area contributed by atoms with Gasteiger partial charge in [-0.25, -0.2) is 15.0 Å². The zero-order valence-corrected chi connectivity index (χ0v) is 13.9. The zero-order chi connectivity index (χ0) is 16.6. The summed E-state index contributed by atoms with van der Waals surface area (Å²) in [6.45, 7) is 3.82. The molecule has 8 heteroatoms. The van der Waals surface area contributed by atoms with Crippen LogP contribution in [0, 0.1) is 18.3 Å². The van der Waals surface area contributed by atoms with Gasteiger partial charge in [-0.1, -0.05) is 23.4 Å². The maximum absolute atomic E-state index is 8.95. The van der Waals surface area contributed by atoms with E-state index in [-0.39, 0.29) is 16.8 Å². The van der Waals surface area contributed by atoms with Crippen LogP contribution in [-0.2, 0) is 0 Å². The Morgan fingerprint density at radius 3 is 2.83 bits per heavy atom. The van der Waals surface area contributed by atoms with Crippen LogP contribution in [0.25, 0.3) is 11.0 Å². The molecular formula is C15H12ClN5OS. The molecule has 0 bridgehead atoms. The molecule has 0 saturated heterocycles. The van der Waals surface area contributed by atoms with E-state index in [2.05, 4.69) is 15.0 Å². The molecule has 0 aliphatic heterocycles. The van der Waals surface area contributed by atoms with Crippen LogP contribution < -0.4 is 5.73 Å². The fraction of sp³-hybridized carbons (Fsp3) is 0.200. The molecule has 3 rings (SSSR count). The van der Waals surface area contributed by atoms with Crippen molar-refractivity contribution in [2.45, 2.75) is 24.3 Å². The van der Waals surface area contributed by atoms with E-state index in [1.165, 1.54) is 17.8 Å². The summed E-state index contributed by atoms with van der Waals surface area (Å²) in [5.41, 5.74) is 7.28. The first kappa shape index (κ1) is 15.6. The Labute approximate surface area is 141 Å². The predicted octanol–water partition coefficient (Wildman–Crippen LogP) is 3.89. The minimum absolute atomic E-state index is 0.0690. The van der Waals surface area contributed by atoms with E-state index in [0.717, 1.165) is 16.8 Å². The van der Waals surface area contributed by atoms with Crippen LogP contribution in [0.1, 0.15) is 29.3 Å². The van der Waals surface area contributed by atoms with Crippen molar-refractivity contribution >= 4 is 40.1 Å². The van der Waals surface area contributed by atoms with Crippen LogP contribution >= 0.6 is 23.4 Å². The van der Waals surface area contributed by atoms with Crippen molar-refractivity contribution in [3.63, 3.8) is 0 Å². The number of hydrogen-bond acceptors (Lipinski definition) is 7. The van der Waals surface area contributed by atoms with Gasteiger partial charge in [0, 0.05) is 11.5 Å². The topological polar surface area (TPSA) is 102 Å². The quantitative estimate of drug-likeness (QED) is 0.436. The summed E-state index contributed by atoms with van der Waals surface area (Å²) in [5, 5.41) is 10.5. The smallest absolute Gasteiger partial charge is 0.191 e. The first-order valence-electron chi connectivity index (χ1n) is 6.74. The third kappa shape index (κ3) is 3.23. The number of pyridine rings is 1. The third-order valence-corrected chi connectivity index (χ3v) is 4.39. The van der Waals surface area contributed by atoms with Crippen LogP contribution in [-0.4, -0.2) is 15.0 Å². The lowest BCUT2D eigenvalue weighted by Gasteiger charge is -2.10. The summed E-state index contributed by atoms with van der Waals surface area (Å²) in [4.78, 5) is 12.6. The Bertz CT molecular complexity index is 933. The van der Waals surface area contributed by atoms with E-state index in [1.54, 1.807) is 0 Å². The Morgan fingerprint density at radius 2 is 2.09 bits per heavy atom. The van der Waals surface area contributed by atoms with Gasteiger partial charge in [0.1, 0.15) is 23.3 Å². The molecule has 6 nitrogen and oxygen atoms in total. The molecular weight excluding hydrogens is 334 g/mol. The van der Waals surface area contributed by atoms with Gasteiger partial charge in [0.2, 0.25) is 0 Å². The predicted molar refractivity (Wildman–Crippen MR) is 89.2 cm³/mol. The van der Waals surface area contributed by atoms with E-state index in [4.69, 9.17) is 27.0 Å². The Morgan fingerprint density at radius 1 is 1.30 bits per heavy atom. The number of nitrogens with two attached hydrogens (primary N) is 1. The molecule has 0 spiro atoms. The molecule has 0 aliphatic rings. The normalized spacial score (nSPS) is 12.3. The minimum Gasteiger partial charge on any atom is -0.458 e. The average molecular weight is 346 g/mol.